The van der Waals surface area contributed by atoms with Gasteiger partial charge in [0.25, 0.3) is 0 Å². The Labute approximate surface area is 82.1 Å². The van der Waals surface area contributed by atoms with Crippen LogP contribution in [0.4, 0.5) is 0 Å². The Morgan fingerprint density at radius 2 is 1.69 bits per heavy atom. The Kier molecular flexibility index (Phi) is 3.24. The van der Waals surface area contributed by atoms with Crippen molar-refractivity contribution in [1.29, 1.82) is 0 Å². The zero-order valence-electron chi connectivity index (χ0n) is 9.34. The number of rotatable bonds is 1. The highest BCUT2D eigenvalue weighted by Crippen LogP contribution is 2.43. The highest BCUT2D eigenvalue weighted by Gasteiger charge is 2.26. The monoisotopic (exact) mass is 203 g/mol. The maximum Gasteiger partial charge on any atom is 0.0873 e. The van der Waals surface area contributed by atoms with Gasteiger partial charge in [-0.15, -0.1) is 0 Å². The minimum absolute atomic E-state index is 0.370. The molecule has 0 N–H and O–H groups in total. The van der Waals surface area contributed by atoms with Gasteiger partial charge in [-0.2, -0.15) is 0 Å². The second kappa shape index (κ2) is 3.74. The lowest BCUT2D eigenvalue weighted by Crippen LogP contribution is -2.39. The van der Waals surface area contributed by atoms with E-state index >= 15 is 0 Å². The minimum atomic E-state index is -1.73. The molecule has 1 heterocycles. The maximum absolute atomic E-state index is 11.7. The first-order valence-electron chi connectivity index (χ1n) is 5.06. The van der Waals surface area contributed by atoms with Gasteiger partial charge in [-0.05, 0) is 12.1 Å². The van der Waals surface area contributed by atoms with E-state index in [0.29, 0.717) is 5.41 Å². The third kappa shape index (κ3) is 4.28. The zero-order valence-corrected chi connectivity index (χ0v) is 10.2. The Bertz CT molecular complexity index is 207. The lowest BCUT2D eigenvalue weighted by molar-refractivity contribution is 0.204. The van der Waals surface area contributed by atoms with Crippen molar-refractivity contribution >= 4 is 7.14 Å². The predicted octanol–water partition coefficient (Wildman–Crippen LogP) is 2.34. The lowest BCUT2D eigenvalue weighted by atomic mass is 9.96. The third-order valence-electron chi connectivity index (χ3n) is 2.48. The average Bonchev–Trinajstić information content (AvgIpc) is 1.91. The highest BCUT2D eigenvalue weighted by molar-refractivity contribution is 7.63. The molecule has 0 amide bonds. The van der Waals surface area contributed by atoms with E-state index in [0.717, 1.165) is 32.0 Å². The van der Waals surface area contributed by atoms with E-state index in [1.54, 1.807) is 0 Å². The minimum Gasteiger partial charge on any atom is -0.324 e. The molecule has 2 nitrogen and oxygen atoms in total. The van der Waals surface area contributed by atoms with E-state index in [1.165, 1.54) is 0 Å². The molecule has 0 aromatic carbocycles. The smallest absolute Gasteiger partial charge is 0.0873 e. The summed E-state index contributed by atoms with van der Waals surface area (Å²) in [6.45, 7) is 11.9. The van der Waals surface area contributed by atoms with Gasteiger partial charge in [-0.1, -0.05) is 20.8 Å². The first-order chi connectivity index (χ1) is 5.79. The van der Waals surface area contributed by atoms with Gasteiger partial charge < -0.3 is 9.46 Å². The van der Waals surface area contributed by atoms with Crippen molar-refractivity contribution in [1.82, 2.24) is 4.90 Å². The second-order valence-electron chi connectivity index (χ2n) is 5.58. The molecule has 3 heteroatoms. The van der Waals surface area contributed by atoms with Crippen molar-refractivity contribution in [3.8, 4) is 0 Å². The summed E-state index contributed by atoms with van der Waals surface area (Å²) in [5.74, 6) is 0. The van der Waals surface area contributed by atoms with Crippen LogP contribution in [0.15, 0.2) is 0 Å². The van der Waals surface area contributed by atoms with Gasteiger partial charge in [0, 0.05) is 32.0 Å². The van der Waals surface area contributed by atoms with Crippen molar-refractivity contribution in [3.05, 3.63) is 0 Å². The van der Waals surface area contributed by atoms with Crippen LogP contribution in [0.1, 0.15) is 20.8 Å². The van der Waals surface area contributed by atoms with E-state index in [-0.39, 0.29) is 0 Å². The Balaban J connectivity index is 2.38. The molecule has 1 saturated heterocycles. The van der Waals surface area contributed by atoms with Crippen LogP contribution >= 0.6 is 7.14 Å². The summed E-state index contributed by atoms with van der Waals surface area (Å²) in [4.78, 5) is 2.44. The predicted molar refractivity (Wildman–Crippen MR) is 59.2 cm³/mol. The summed E-state index contributed by atoms with van der Waals surface area (Å²) in [5.41, 5.74) is 0.370. The molecule has 0 saturated carbocycles. The fourth-order valence-corrected chi connectivity index (χ4v) is 3.39. The summed E-state index contributed by atoms with van der Waals surface area (Å²) >= 11 is 0. The molecule has 1 aliphatic heterocycles. The summed E-state index contributed by atoms with van der Waals surface area (Å²) in [5, 5.41) is 0. The Morgan fingerprint density at radius 1 is 1.23 bits per heavy atom. The van der Waals surface area contributed by atoms with E-state index in [4.69, 9.17) is 0 Å². The topological polar surface area (TPSA) is 20.3 Å². The van der Waals surface area contributed by atoms with E-state index < -0.39 is 7.14 Å². The molecule has 0 aliphatic carbocycles. The normalized spacial score (nSPS) is 24.6. The zero-order chi connectivity index (χ0) is 10.1. The maximum atomic E-state index is 11.7. The van der Waals surface area contributed by atoms with Crippen molar-refractivity contribution < 1.29 is 4.57 Å². The number of nitrogens with zero attached hydrogens (tertiary/aromatic N) is 1. The first-order valence-corrected chi connectivity index (χ1v) is 7.59. The van der Waals surface area contributed by atoms with Crippen molar-refractivity contribution in [2.45, 2.75) is 20.8 Å². The van der Waals surface area contributed by atoms with Crippen LogP contribution in [-0.2, 0) is 4.57 Å². The Hall–Kier alpha value is 0.190. The van der Waals surface area contributed by atoms with Gasteiger partial charge in [0.2, 0.25) is 0 Å². The molecule has 1 fully saturated rings. The Morgan fingerprint density at radius 3 is 2.08 bits per heavy atom. The van der Waals surface area contributed by atoms with E-state index in [1.807, 2.05) is 6.66 Å². The van der Waals surface area contributed by atoms with Gasteiger partial charge in [-0.25, -0.2) is 0 Å². The molecule has 1 aliphatic rings. The molecular weight excluding hydrogens is 181 g/mol. The molecular formula is C10H22NOP. The van der Waals surface area contributed by atoms with Crippen LogP contribution in [0.5, 0.6) is 0 Å². The van der Waals surface area contributed by atoms with Crippen LogP contribution in [0, 0.1) is 5.41 Å². The summed E-state index contributed by atoms with van der Waals surface area (Å²) < 4.78 is 11.7. The van der Waals surface area contributed by atoms with Gasteiger partial charge in [0.1, 0.15) is 0 Å². The van der Waals surface area contributed by atoms with Crippen LogP contribution in [0.2, 0.25) is 0 Å². The molecule has 0 radical (unpaired) electrons. The molecule has 1 rings (SSSR count). The van der Waals surface area contributed by atoms with Crippen LogP contribution in [0.25, 0.3) is 0 Å². The van der Waals surface area contributed by atoms with Crippen molar-refractivity contribution in [3.63, 3.8) is 0 Å². The largest absolute Gasteiger partial charge is 0.324 e. The highest BCUT2D eigenvalue weighted by atomic mass is 31.2. The SMILES string of the molecule is CC(C)(C)CN1CCP(C)(=O)CC1. The van der Waals surface area contributed by atoms with Crippen LogP contribution in [0.3, 0.4) is 0 Å². The van der Waals surface area contributed by atoms with E-state index in [2.05, 4.69) is 25.7 Å². The van der Waals surface area contributed by atoms with Gasteiger partial charge in [-0.3, -0.25) is 0 Å². The first kappa shape index (κ1) is 11.3. The molecule has 0 spiro atoms. The fourth-order valence-electron chi connectivity index (χ4n) is 1.76. The fraction of sp³-hybridized carbons (Fsp3) is 1.00. The van der Waals surface area contributed by atoms with Crippen LogP contribution in [-0.4, -0.2) is 43.5 Å². The summed E-state index contributed by atoms with van der Waals surface area (Å²) in [6.07, 6.45) is 1.84. The van der Waals surface area contributed by atoms with Gasteiger partial charge in [0.15, 0.2) is 0 Å². The van der Waals surface area contributed by atoms with Gasteiger partial charge >= 0.3 is 0 Å². The quantitative estimate of drug-likeness (QED) is 0.610. The molecule has 0 atom stereocenters. The third-order valence-corrected chi connectivity index (χ3v) is 4.77. The van der Waals surface area contributed by atoms with Crippen molar-refractivity contribution in [2.24, 2.45) is 5.41 Å². The molecule has 13 heavy (non-hydrogen) atoms. The van der Waals surface area contributed by atoms with Gasteiger partial charge in [0.05, 0.1) is 7.14 Å². The second-order valence-corrected chi connectivity index (χ2v) is 9.07. The van der Waals surface area contributed by atoms with Crippen molar-refractivity contribution in [2.75, 3.05) is 38.6 Å². The molecule has 0 unspecified atom stereocenters. The van der Waals surface area contributed by atoms with E-state index in [9.17, 15) is 4.57 Å². The lowest BCUT2D eigenvalue weighted by Gasteiger charge is -2.34. The molecule has 78 valence electrons. The summed E-state index contributed by atoms with van der Waals surface area (Å²) in [7, 11) is -1.73. The molecule has 0 bridgehead atoms. The standard InChI is InChI=1S/C10H22NOP/c1-10(2,3)9-11-5-7-13(4,12)8-6-11/h5-9H2,1-4H3. The molecule has 0 aromatic heterocycles. The number of hydrogen-bond donors (Lipinski definition) is 0. The molecule has 0 aromatic rings. The van der Waals surface area contributed by atoms with Crippen LogP contribution < -0.4 is 0 Å². The average molecular weight is 203 g/mol. The summed E-state index contributed by atoms with van der Waals surface area (Å²) in [6, 6.07) is 0. The number of hydrogen-bond acceptors (Lipinski definition) is 2.